The summed E-state index contributed by atoms with van der Waals surface area (Å²) >= 11 is 0. The molecule has 4 amide bonds. The summed E-state index contributed by atoms with van der Waals surface area (Å²) in [6.45, 7) is 1.50. The molecule has 0 aliphatic carbocycles. The number of carbonyl (C=O) groups excluding carboxylic acids is 3. The van der Waals surface area contributed by atoms with Gasteiger partial charge in [-0.25, -0.2) is 4.79 Å². The van der Waals surface area contributed by atoms with E-state index >= 15 is 0 Å². The summed E-state index contributed by atoms with van der Waals surface area (Å²) in [7, 11) is 2.78. The number of benzene rings is 3. The Morgan fingerprint density at radius 1 is 0.850 bits per heavy atom. The average Bonchev–Trinajstić information content (AvgIpc) is 2.99. The number of nitrogens with zero attached hydrogens (tertiary/aromatic N) is 5. The summed E-state index contributed by atoms with van der Waals surface area (Å²) in [5.41, 5.74) is 1.80. The first-order valence-corrected chi connectivity index (χ1v) is 13.2. The van der Waals surface area contributed by atoms with Gasteiger partial charge in [-0.2, -0.15) is 0 Å². The van der Waals surface area contributed by atoms with Crippen molar-refractivity contribution >= 4 is 29.2 Å². The zero-order chi connectivity index (χ0) is 28.2. The molecule has 204 valence electrons. The topological polar surface area (TPSA) is 107 Å². The molecule has 0 bridgehead atoms. The Balaban J connectivity index is 1.50. The van der Waals surface area contributed by atoms with Gasteiger partial charge in [0, 0.05) is 58.0 Å². The highest BCUT2D eigenvalue weighted by Gasteiger charge is 2.64. The minimum atomic E-state index is -1.61. The van der Waals surface area contributed by atoms with E-state index < -0.39 is 34.2 Å². The fourth-order valence-corrected chi connectivity index (χ4v) is 6.68. The number of nitro groups is 1. The summed E-state index contributed by atoms with van der Waals surface area (Å²) in [4.78, 5) is 58.3. The van der Waals surface area contributed by atoms with Crippen molar-refractivity contribution in [1.29, 1.82) is 0 Å². The van der Waals surface area contributed by atoms with Gasteiger partial charge in [0.15, 0.2) is 5.41 Å². The van der Waals surface area contributed by atoms with E-state index in [0.717, 1.165) is 26.6 Å². The van der Waals surface area contributed by atoms with Gasteiger partial charge in [-0.3, -0.25) is 34.4 Å². The summed E-state index contributed by atoms with van der Waals surface area (Å²) in [6, 6.07) is 23.5. The second-order valence-corrected chi connectivity index (χ2v) is 10.7. The Morgan fingerprint density at radius 2 is 1.43 bits per heavy atom. The number of non-ortho nitro benzene ring substituents is 1. The smallest absolute Gasteiger partial charge is 0.332 e. The fourth-order valence-electron chi connectivity index (χ4n) is 6.68. The van der Waals surface area contributed by atoms with E-state index in [1.165, 1.54) is 26.2 Å². The van der Waals surface area contributed by atoms with E-state index in [-0.39, 0.29) is 18.2 Å². The van der Waals surface area contributed by atoms with Crippen molar-refractivity contribution in [2.75, 3.05) is 38.6 Å². The summed E-state index contributed by atoms with van der Waals surface area (Å²) in [6.07, 6.45) is -0.0278. The molecule has 3 aromatic carbocycles. The van der Waals surface area contributed by atoms with E-state index in [0.29, 0.717) is 25.2 Å². The van der Waals surface area contributed by atoms with Crippen LogP contribution in [0, 0.1) is 15.5 Å². The van der Waals surface area contributed by atoms with Crippen LogP contribution in [0.1, 0.15) is 22.7 Å². The second-order valence-electron chi connectivity index (χ2n) is 10.7. The van der Waals surface area contributed by atoms with Crippen LogP contribution in [0.15, 0.2) is 78.9 Å². The number of anilines is 1. The Labute approximate surface area is 231 Å². The molecule has 1 atom stereocenters. The molecule has 2 saturated heterocycles. The quantitative estimate of drug-likeness (QED) is 0.284. The van der Waals surface area contributed by atoms with E-state index in [2.05, 4.69) is 29.2 Å². The van der Waals surface area contributed by atoms with Gasteiger partial charge < -0.3 is 4.90 Å². The molecule has 1 spiro atoms. The number of carbonyl (C=O) groups is 3. The summed E-state index contributed by atoms with van der Waals surface area (Å²) in [5, 5.41) is 11.6. The molecule has 3 aromatic rings. The van der Waals surface area contributed by atoms with E-state index in [1.54, 1.807) is 6.07 Å². The molecule has 0 aromatic heterocycles. The molecule has 0 radical (unpaired) electrons. The third kappa shape index (κ3) is 3.78. The standard InChI is InChI=1S/C30H29N5O5/c1-31-27(36)30(28(37)32(2)29(31)38)18-22-17-23(35(39)40)13-14-24(22)34-16-15-33(19-25(30)34)26(20-9-5-3-6-10-20)21-11-7-4-8-12-21/h3-14,17,25-26H,15-16,18-19H2,1-2H3. The maximum Gasteiger partial charge on any atom is 0.332 e. The molecule has 40 heavy (non-hydrogen) atoms. The van der Waals surface area contributed by atoms with Gasteiger partial charge in [0.05, 0.1) is 17.0 Å². The fraction of sp³-hybridized carbons (Fsp3) is 0.300. The van der Waals surface area contributed by atoms with Crippen molar-refractivity contribution in [2.24, 2.45) is 5.41 Å². The molecule has 3 aliphatic heterocycles. The molecular weight excluding hydrogens is 510 g/mol. The van der Waals surface area contributed by atoms with Crippen molar-refractivity contribution in [3.63, 3.8) is 0 Å². The molecule has 3 heterocycles. The highest BCUT2D eigenvalue weighted by Crippen LogP contribution is 2.48. The molecule has 0 N–H and O–H groups in total. The number of piperazine rings is 1. The van der Waals surface area contributed by atoms with E-state index in [1.807, 2.05) is 41.3 Å². The number of imide groups is 2. The van der Waals surface area contributed by atoms with Gasteiger partial charge in [0.1, 0.15) is 0 Å². The zero-order valence-corrected chi connectivity index (χ0v) is 22.3. The number of barbiturate groups is 1. The van der Waals surface area contributed by atoms with Crippen molar-refractivity contribution in [1.82, 2.24) is 14.7 Å². The van der Waals surface area contributed by atoms with Gasteiger partial charge in [-0.05, 0) is 22.8 Å². The third-order valence-electron chi connectivity index (χ3n) is 8.58. The number of rotatable bonds is 4. The Hall–Kier alpha value is -4.57. The van der Waals surface area contributed by atoms with Crippen LogP contribution < -0.4 is 4.90 Å². The van der Waals surface area contributed by atoms with Gasteiger partial charge in [-0.1, -0.05) is 60.7 Å². The molecular formula is C30H29N5O5. The molecule has 10 nitrogen and oxygen atoms in total. The summed E-state index contributed by atoms with van der Waals surface area (Å²) in [5.74, 6) is -1.16. The Kier molecular flexibility index (Phi) is 6.14. The molecule has 6 rings (SSSR count). The van der Waals surface area contributed by atoms with Crippen LogP contribution in [0.4, 0.5) is 16.2 Å². The lowest BCUT2D eigenvalue weighted by atomic mass is 9.67. The number of nitro benzene ring substituents is 1. The normalized spacial score (nSPS) is 20.6. The maximum atomic E-state index is 14.0. The van der Waals surface area contributed by atoms with E-state index in [9.17, 15) is 24.5 Å². The predicted octanol–water partition coefficient (Wildman–Crippen LogP) is 3.47. The van der Waals surface area contributed by atoms with Crippen molar-refractivity contribution in [3.05, 3.63) is 106 Å². The lowest BCUT2D eigenvalue weighted by Crippen LogP contribution is -2.74. The Bertz CT molecular complexity index is 1450. The van der Waals surface area contributed by atoms with Crippen LogP contribution >= 0.6 is 0 Å². The van der Waals surface area contributed by atoms with Crippen molar-refractivity contribution < 1.29 is 19.3 Å². The highest BCUT2D eigenvalue weighted by molar-refractivity contribution is 6.20. The highest BCUT2D eigenvalue weighted by atomic mass is 16.6. The maximum absolute atomic E-state index is 14.0. The minimum absolute atomic E-state index is 0.0278. The number of hydrogen-bond acceptors (Lipinski definition) is 7. The lowest BCUT2D eigenvalue weighted by molar-refractivity contribution is -0.384. The number of fused-ring (bicyclic) bond motifs is 4. The monoisotopic (exact) mass is 539 g/mol. The first-order valence-electron chi connectivity index (χ1n) is 13.2. The van der Waals surface area contributed by atoms with Crippen LogP contribution in [0.25, 0.3) is 0 Å². The minimum Gasteiger partial charge on any atom is -0.364 e. The van der Waals surface area contributed by atoms with Gasteiger partial charge in [0.25, 0.3) is 5.69 Å². The van der Waals surface area contributed by atoms with E-state index in [4.69, 9.17) is 0 Å². The van der Waals surface area contributed by atoms with Gasteiger partial charge >= 0.3 is 6.03 Å². The molecule has 10 heteroatoms. The lowest BCUT2D eigenvalue weighted by Gasteiger charge is -2.57. The molecule has 2 fully saturated rings. The van der Waals surface area contributed by atoms with Gasteiger partial charge in [-0.15, -0.1) is 0 Å². The average molecular weight is 540 g/mol. The first kappa shape index (κ1) is 25.7. The first-order chi connectivity index (χ1) is 19.2. The summed E-state index contributed by atoms with van der Waals surface area (Å²) < 4.78 is 0. The van der Waals surface area contributed by atoms with Crippen molar-refractivity contribution in [2.45, 2.75) is 18.5 Å². The number of amides is 4. The van der Waals surface area contributed by atoms with Crippen LogP contribution in [0.3, 0.4) is 0 Å². The Morgan fingerprint density at radius 3 is 1.98 bits per heavy atom. The zero-order valence-electron chi connectivity index (χ0n) is 22.3. The van der Waals surface area contributed by atoms with Crippen LogP contribution in [0.5, 0.6) is 0 Å². The largest absolute Gasteiger partial charge is 0.364 e. The third-order valence-corrected chi connectivity index (χ3v) is 8.58. The molecule has 3 aliphatic rings. The predicted molar refractivity (Wildman–Crippen MR) is 148 cm³/mol. The molecule has 1 unspecified atom stereocenters. The van der Waals surface area contributed by atoms with Gasteiger partial charge in [0.2, 0.25) is 11.8 Å². The van der Waals surface area contributed by atoms with Crippen LogP contribution in [0.2, 0.25) is 0 Å². The van der Waals surface area contributed by atoms with Crippen molar-refractivity contribution in [3.8, 4) is 0 Å². The molecule has 0 saturated carbocycles. The number of urea groups is 1. The van der Waals surface area contributed by atoms with Crippen LogP contribution in [-0.2, 0) is 16.0 Å². The SMILES string of the molecule is CN1C(=O)N(C)C(=O)C2(Cc3cc([N+](=O)[O-])ccc3N3CCN(C(c4ccccc4)c4ccccc4)CC32)C1=O. The second kappa shape index (κ2) is 9.56. The number of hydrogen-bond donors (Lipinski definition) is 0. The van der Waals surface area contributed by atoms with Crippen LogP contribution in [-0.4, -0.2) is 77.2 Å².